The summed E-state index contributed by atoms with van der Waals surface area (Å²) in [6.07, 6.45) is -0.0174. The van der Waals surface area contributed by atoms with Gasteiger partial charge in [-0.2, -0.15) is 0 Å². The van der Waals surface area contributed by atoms with Crippen LogP contribution in [0.3, 0.4) is 0 Å². The highest BCUT2D eigenvalue weighted by molar-refractivity contribution is 5.78. The van der Waals surface area contributed by atoms with Crippen molar-refractivity contribution in [2.24, 2.45) is 0 Å². The van der Waals surface area contributed by atoms with Gasteiger partial charge in [0.05, 0.1) is 6.42 Å². The van der Waals surface area contributed by atoms with Gasteiger partial charge in [0.25, 0.3) is 5.56 Å². The van der Waals surface area contributed by atoms with Crippen LogP contribution in [-0.2, 0) is 11.2 Å². The van der Waals surface area contributed by atoms with Crippen LogP contribution >= 0.6 is 0 Å². The molecule has 0 atom stereocenters. The van der Waals surface area contributed by atoms with E-state index in [0.717, 1.165) is 0 Å². The van der Waals surface area contributed by atoms with Gasteiger partial charge in [-0.25, -0.2) is 4.79 Å². The summed E-state index contributed by atoms with van der Waals surface area (Å²) in [4.78, 5) is 37.8. The smallest absolute Gasteiger partial charge is 0.325 e. The zero-order valence-corrected chi connectivity index (χ0v) is 9.51. The van der Waals surface area contributed by atoms with E-state index in [1.54, 1.807) is 0 Å². The molecule has 0 saturated heterocycles. The molecule has 1 amide bonds. The van der Waals surface area contributed by atoms with Crippen LogP contribution < -0.4 is 16.6 Å². The van der Waals surface area contributed by atoms with Crippen LogP contribution in [0.4, 0.5) is 0 Å². The molecule has 0 radical (unpaired) electrons. The predicted octanol–water partition coefficient (Wildman–Crippen LogP) is -0.480. The van der Waals surface area contributed by atoms with Gasteiger partial charge in [0.2, 0.25) is 5.91 Å². The quantitative estimate of drug-likeness (QED) is 0.634. The fraction of sp³-hybridized carbons (Fsp3) is 0.500. The topological polar surface area (TPSA) is 94.8 Å². The molecule has 0 unspecified atom stereocenters. The number of hydrogen-bond donors (Lipinski definition) is 3. The second-order valence-electron chi connectivity index (χ2n) is 4.59. The van der Waals surface area contributed by atoms with Crippen LogP contribution in [0.25, 0.3) is 0 Å². The van der Waals surface area contributed by atoms with Gasteiger partial charge < -0.3 is 10.3 Å². The molecule has 0 aromatic carbocycles. The van der Waals surface area contributed by atoms with E-state index >= 15 is 0 Å². The Labute approximate surface area is 92.1 Å². The fourth-order valence-electron chi connectivity index (χ4n) is 1.25. The lowest BCUT2D eigenvalue weighted by Crippen LogP contribution is -2.41. The molecule has 16 heavy (non-hydrogen) atoms. The van der Waals surface area contributed by atoms with Gasteiger partial charge in [-0.1, -0.05) is 0 Å². The summed E-state index contributed by atoms with van der Waals surface area (Å²) in [6, 6.07) is 1.20. The third-order valence-electron chi connectivity index (χ3n) is 1.68. The van der Waals surface area contributed by atoms with Gasteiger partial charge in [0.1, 0.15) is 0 Å². The highest BCUT2D eigenvalue weighted by atomic mass is 16.2. The van der Waals surface area contributed by atoms with E-state index < -0.39 is 11.2 Å². The van der Waals surface area contributed by atoms with E-state index in [1.165, 1.54) is 6.07 Å². The van der Waals surface area contributed by atoms with Crippen LogP contribution in [0, 0.1) is 0 Å². The summed E-state index contributed by atoms with van der Waals surface area (Å²) in [6.45, 7) is 5.56. The van der Waals surface area contributed by atoms with E-state index in [-0.39, 0.29) is 17.9 Å². The molecule has 88 valence electrons. The first-order valence-corrected chi connectivity index (χ1v) is 4.90. The van der Waals surface area contributed by atoms with E-state index in [0.29, 0.717) is 5.69 Å². The Hall–Kier alpha value is -1.85. The minimum atomic E-state index is -0.606. The average Bonchev–Trinajstić information content (AvgIpc) is 1.96. The molecule has 0 bridgehead atoms. The Morgan fingerprint density at radius 2 is 1.94 bits per heavy atom. The van der Waals surface area contributed by atoms with Crippen molar-refractivity contribution in [2.45, 2.75) is 32.7 Å². The van der Waals surface area contributed by atoms with Crippen molar-refractivity contribution in [1.29, 1.82) is 0 Å². The van der Waals surface area contributed by atoms with Gasteiger partial charge in [-0.05, 0) is 20.8 Å². The van der Waals surface area contributed by atoms with Crippen LogP contribution in [0.5, 0.6) is 0 Å². The molecule has 1 aromatic heterocycles. The zero-order valence-electron chi connectivity index (χ0n) is 9.51. The monoisotopic (exact) mass is 225 g/mol. The Morgan fingerprint density at radius 3 is 2.44 bits per heavy atom. The molecular weight excluding hydrogens is 210 g/mol. The van der Waals surface area contributed by atoms with Gasteiger partial charge in [0, 0.05) is 17.3 Å². The number of nitrogens with one attached hydrogen (secondary N) is 3. The van der Waals surface area contributed by atoms with Crippen molar-refractivity contribution in [3.8, 4) is 0 Å². The van der Waals surface area contributed by atoms with Gasteiger partial charge >= 0.3 is 5.69 Å². The lowest BCUT2D eigenvalue weighted by Gasteiger charge is -2.20. The number of amides is 1. The number of H-pyrrole nitrogens is 2. The summed E-state index contributed by atoms with van der Waals surface area (Å²) in [7, 11) is 0. The number of carbonyl (C=O) groups is 1. The first kappa shape index (κ1) is 12.2. The molecule has 0 aliphatic heterocycles. The van der Waals surface area contributed by atoms with Crippen molar-refractivity contribution < 1.29 is 4.79 Å². The van der Waals surface area contributed by atoms with E-state index in [9.17, 15) is 14.4 Å². The molecule has 0 saturated carbocycles. The van der Waals surface area contributed by atoms with E-state index in [1.807, 2.05) is 25.8 Å². The van der Waals surface area contributed by atoms with Crippen LogP contribution in [-0.4, -0.2) is 21.4 Å². The Bertz CT molecular complexity index is 465. The maximum absolute atomic E-state index is 11.5. The van der Waals surface area contributed by atoms with Crippen molar-refractivity contribution in [1.82, 2.24) is 15.3 Å². The molecule has 6 heteroatoms. The summed E-state index contributed by atoms with van der Waals surface area (Å²) in [5.74, 6) is -0.242. The maximum atomic E-state index is 11.5. The average molecular weight is 225 g/mol. The minimum Gasteiger partial charge on any atom is -0.351 e. The summed E-state index contributed by atoms with van der Waals surface area (Å²) < 4.78 is 0. The van der Waals surface area contributed by atoms with Gasteiger partial charge in [0.15, 0.2) is 0 Å². The summed E-state index contributed by atoms with van der Waals surface area (Å²) in [5.41, 5.74) is -1.15. The number of carbonyl (C=O) groups excluding carboxylic acids is 1. The number of aromatic amines is 2. The van der Waals surface area contributed by atoms with Crippen molar-refractivity contribution in [2.75, 3.05) is 0 Å². The number of rotatable bonds is 2. The molecule has 0 aliphatic rings. The molecule has 0 fully saturated rings. The number of hydrogen-bond acceptors (Lipinski definition) is 3. The van der Waals surface area contributed by atoms with Crippen LogP contribution in [0.15, 0.2) is 15.7 Å². The fourth-order valence-corrected chi connectivity index (χ4v) is 1.25. The molecular formula is C10H15N3O3. The Kier molecular flexibility index (Phi) is 3.31. The summed E-state index contributed by atoms with van der Waals surface area (Å²) in [5, 5.41) is 2.73. The Balaban J connectivity index is 2.78. The maximum Gasteiger partial charge on any atom is 0.325 e. The third-order valence-corrected chi connectivity index (χ3v) is 1.68. The lowest BCUT2D eigenvalue weighted by molar-refractivity contribution is -0.121. The van der Waals surface area contributed by atoms with Crippen molar-refractivity contribution in [3.63, 3.8) is 0 Å². The van der Waals surface area contributed by atoms with Crippen molar-refractivity contribution in [3.05, 3.63) is 32.6 Å². The predicted molar refractivity (Wildman–Crippen MR) is 59.3 cm³/mol. The van der Waals surface area contributed by atoms with E-state index in [2.05, 4.69) is 10.3 Å². The van der Waals surface area contributed by atoms with E-state index in [4.69, 9.17) is 0 Å². The molecule has 0 aliphatic carbocycles. The molecule has 0 spiro atoms. The standard InChI is InChI=1S/C10H15N3O3/c1-10(2,3)13-8(15)5-6-4-7(14)12-9(16)11-6/h4H,5H2,1-3H3,(H,13,15)(H2,11,12,14,16). The molecule has 6 nitrogen and oxygen atoms in total. The molecule has 1 rings (SSSR count). The lowest BCUT2D eigenvalue weighted by atomic mass is 10.1. The second-order valence-corrected chi connectivity index (χ2v) is 4.59. The summed E-state index contributed by atoms with van der Waals surface area (Å²) >= 11 is 0. The normalized spacial score (nSPS) is 11.2. The first-order valence-electron chi connectivity index (χ1n) is 4.90. The highest BCUT2D eigenvalue weighted by Gasteiger charge is 2.14. The largest absolute Gasteiger partial charge is 0.351 e. The zero-order chi connectivity index (χ0) is 12.3. The molecule has 3 N–H and O–H groups in total. The van der Waals surface area contributed by atoms with Crippen molar-refractivity contribution >= 4 is 5.91 Å². The third kappa shape index (κ3) is 4.12. The van der Waals surface area contributed by atoms with Crippen LogP contribution in [0.1, 0.15) is 26.5 Å². The molecule has 1 heterocycles. The van der Waals surface area contributed by atoms with Gasteiger partial charge in [-0.3, -0.25) is 14.6 Å². The van der Waals surface area contributed by atoms with Crippen LogP contribution in [0.2, 0.25) is 0 Å². The highest BCUT2D eigenvalue weighted by Crippen LogP contribution is 1.99. The Morgan fingerprint density at radius 1 is 1.31 bits per heavy atom. The second kappa shape index (κ2) is 4.34. The van der Waals surface area contributed by atoms with Gasteiger partial charge in [-0.15, -0.1) is 0 Å². The minimum absolute atomic E-state index is 0.0174. The SMILES string of the molecule is CC(C)(C)NC(=O)Cc1cc(=O)[nH]c(=O)[nH]1. The first-order chi connectivity index (χ1) is 7.26. The number of aromatic nitrogens is 2. The molecule has 1 aromatic rings.